The summed E-state index contributed by atoms with van der Waals surface area (Å²) in [6.45, 7) is 5.26. The molecule has 0 unspecified atom stereocenters. The summed E-state index contributed by atoms with van der Waals surface area (Å²) in [5.41, 5.74) is -0.518. The van der Waals surface area contributed by atoms with E-state index in [0.29, 0.717) is 45.0 Å². The molecule has 29 heavy (non-hydrogen) atoms. The van der Waals surface area contributed by atoms with Crippen molar-refractivity contribution in [2.24, 2.45) is 0 Å². The molecular formula is C20H25F3N4O2. The Balaban J connectivity index is 1.53. The molecule has 0 bridgehead atoms. The summed E-state index contributed by atoms with van der Waals surface area (Å²) in [7, 11) is 0. The molecule has 1 amide bonds. The van der Waals surface area contributed by atoms with Gasteiger partial charge in [-0.25, -0.2) is 0 Å². The fraction of sp³-hybridized carbons (Fsp3) is 0.550. The van der Waals surface area contributed by atoms with Crippen LogP contribution in [-0.2, 0) is 17.5 Å². The minimum atomic E-state index is -4.42. The number of hydrogen-bond acceptors (Lipinski definition) is 5. The summed E-state index contributed by atoms with van der Waals surface area (Å²) in [6.07, 6.45) is -0.742. The fourth-order valence-corrected chi connectivity index (χ4v) is 3.30. The highest BCUT2D eigenvalue weighted by Gasteiger charge is 2.31. The maximum Gasteiger partial charge on any atom is 0.416 e. The molecule has 0 N–H and O–H groups in total. The van der Waals surface area contributed by atoms with Gasteiger partial charge in [0.25, 0.3) is 5.89 Å². The van der Waals surface area contributed by atoms with Crippen LogP contribution in [0.25, 0.3) is 11.5 Å². The number of carbonyl (C=O) groups is 1. The van der Waals surface area contributed by atoms with Crippen LogP contribution in [0.2, 0.25) is 0 Å². The monoisotopic (exact) mass is 410 g/mol. The molecule has 1 aromatic carbocycles. The lowest BCUT2D eigenvalue weighted by atomic mass is 10.1. The summed E-state index contributed by atoms with van der Waals surface area (Å²) in [6, 6.07) is 4.83. The van der Waals surface area contributed by atoms with E-state index in [1.807, 2.05) is 4.90 Å². The number of carbonyl (C=O) groups excluding carboxylic acids is 1. The molecule has 1 aromatic heterocycles. The molecule has 1 fully saturated rings. The number of hydrogen-bond donors (Lipinski definition) is 0. The SMILES string of the molecule is CCCCCC(=O)N1CCN(Cc2noc(-c3cccc(C(F)(F)F)c3)n2)CC1. The minimum Gasteiger partial charge on any atom is -0.340 e. The Morgan fingerprint density at radius 2 is 1.93 bits per heavy atom. The second-order valence-corrected chi connectivity index (χ2v) is 7.21. The molecule has 9 heteroatoms. The molecule has 158 valence electrons. The van der Waals surface area contributed by atoms with Crippen LogP contribution in [-0.4, -0.2) is 52.0 Å². The third-order valence-electron chi connectivity index (χ3n) is 4.99. The Morgan fingerprint density at radius 3 is 2.62 bits per heavy atom. The number of piperazine rings is 1. The number of halogens is 3. The number of benzene rings is 1. The van der Waals surface area contributed by atoms with Crippen molar-refractivity contribution >= 4 is 5.91 Å². The minimum absolute atomic E-state index is 0.0656. The number of nitrogens with zero attached hydrogens (tertiary/aromatic N) is 4. The summed E-state index contributed by atoms with van der Waals surface area (Å²) in [4.78, 5) is 20.4. The zero-order chi connectivity index (χ0) is 20.9. The summed E-state index contributed by atoms with van der Waals surface area (Å²) in [5, 5.41) is 3.89. The van der Waals surface area contributed by atoms with E-state index in [9.17, 15) is 18.0 Å². The maximum absolute atomic E-state index is 12.9. The molecule has 6 nitrogen and oxygen atoms in total. The average molecular weight is 410 g/mol. The fourth-order valence-electron chi connectivity index (χ4n) is 3.30. The number of aromatic nitrogens is 2. The smallest absolute Gasteiger partial charge is 0.340 e. The Bertz CT molecular complexity index is 814. The van der Waals surface area contributed by atoms with E-state index < -0.39 is 11.7 Å². The molecular weight excluding hydrogens is 385 g/mol. The normalized spacial score (nSPS) is 15.7. The van der Waals surface area contributed by atoms with Crippen LogP contribution in [0.3, 0.4) is 0 Å². The Hall–Kier alpha value is -2.42. The molecule has 3 rings (SSSR count). The van der Waals surface area contributed by atoms with Gasteiger partial charge in [0, 0.05) is 38.2 Å². The van der Waals surface area contributed by atoms with Crippen molar-refractivity contribution in [3.63, 3.8) is 0 Å². The van der Waals surface area contributed by atoms with Crippen molar-refractivity contribution in [1.29, 1.82) is 0 Å². The van der Waals surface area contributed by atoms with Crippen molar-refractivity contribution in [2.45, 2.75) is 45.3 Å². The summed E-state index contributed by atoms with van der Waals surface area (Å²) in [5.74, 6) is 0.681. The van der Waals surface area contributed by atoms with Crippen LogP contribution in [0.5, 0.6) is 0 Å². The van der Waals surface area contributed by atoms with E-state index in [1.54, 1.807) is 0 Å². The highest BCUT2D eigenvalue weighted by molar-refractivity contribution is 5.76. The second kappa shape index (κ2) is 9.39. The van der Waals surface area contributed by atoms with E-state index in [1.165, 1.54) is 12.1 Å². The predicted molar refractivity (Wildman–Crippen MR) is 101 cm³/mol. The van der Waals surface area contributed by atoms with Crippen molar-refractivity contribution < 1.29 is 22.5 Å². The van der Waals surface area contributed by atoms with Crippen LogP contribution >= 0.6 is 0 Å². The van der Waals surface area contributed by atoms with Crippen molar-refractivity contribution in [1.82, 2.24) is 19.9 Å². The Morgan fingerprint density at radius 1 is 1.17 bits per heavy atom. The van der Waals surface area contributed by atoms with Crippen molar-refractivity contribution in [2.75, 3.05) is 26.2 Å². The zero-order valence-electron chi connectivity index (χ0n) is 16.4. The van der Waals surface area contributed by atoms with E-state index in [0.717, 1.165) is 31.4 Å². The average Bonchev–Trinajstić information content (AvgIpc) is 3.17. The van der Waals surface area contributed by atoms with Gasteiger partial charge in [0.05, 0.1) is 12.1 Å². The van der Waals surface area contributed by atoms with E-state index >= 15 is 0 Å². The van der Waals surface area contributed by atoms with Crippen LogP contribution in [0.1, 0.15) is 44.0 Å². The standard InChI is InChI=1S/C20H25F3N4O2/c1-2-3-4-8-18(28)27-11-9-26(10-12-27)14-17-24-19(29-25-17)15-6-5-7-16(13-15)20(21,22)23/h5-7,13H,2-4,8-12,14H2,1H3. The Kier molecular flexibility index (Phi) is 6.89. The predicted octanol–water partition coefficient (Wildman–Crippen LogP) is 3.98. The molecule has 1 aliphatic rings. The van der Waals surface area contributed by atoms with Crippen LogP contribution in [0, 0.1) is 0 Å². The number of unbranched alkanes of at least 4 members (excludes halogenated alkanes) is 2. The summed E-state index contributed by atoms with van der Waals surface area (Å²) >= 11 is 0. The maximum atomic E-state index is 12.9. The van der Waals surface area contributed by atoms with Gasteiger partial charge in [0.1, 0.15) is 0 Å². The van der Waals surface area contributed by atoms with Crippen molar-refractivity contribution in [3.05, 3.63) is 35.7 Å². The van der Waals surface area contributed by atoms with Gasteiger partial charge in [0.2, 0.25) is 5.91 Å². The first-order valence-electron chi connectivity index (χ1n) is 9.87. The van der Waals surface area contributed by atoms with Gasteiger partial charge in [0.15, 0.2) is 5.82 Å². The van der Waals surface area contributed by atoms with Crippen LogP contribution in [0.15, 0.2) is 28.8 Å². The topological polar surface area (TPSA) is 62.5 Å². The van der Waals surface area contributed by atoms with E-state index in [2.05, 4.69) is 22.0 Å². The highest BCUT2D eigenvalue weighted by atomic mass is 19.4. The largest absolute Gasteiger partial charge is 0.416 e. The first-order chi connectivity index (χ1) is 13.9. The third kappa shape index (κ3) is 5.79. The molecule has 1 aliphatic heterocycles. The first-order valence-corrected chi connectivity index (χ1v) is 9.87. The molecule has 2 aromatic rings. The van der Waals surface area contributed by atoms with Gasteiger partial charge in [-0.15, -0.1) is 0 Å². The Labute approximate surface area is 167 Å². The quantitative estimate of drug-likeness (QED) is 0.646. The molecule has 0 aliphatic carbocycles. The van der Waals surface area contributed by atoms with E-state index in [4.69, 9.17) is 4.52 Å². The highest BCUT2D eigenvalue weighted by Crippen LogP contribution is 2.31. The van der Waals surface area contributed by atoms with Crippen LogP contribution in [0.4, 0.5) is 13.2 Å². The van der Waals surface area contributed by atoms with Gasteiger partial charge in [-0.1, -0.05) is 31.0 Å². The van der Waals surface area contributed by atoms with E-state index in [-0.39, 0.29) is 17.4 Å². The zero-order valence-corrected chi connectivity index (χ0v) is 16.4. The van der Waals surface area contributed by atoms with Crippen LogP contribution < -0.4 is 0 Å². The second-order valence-electron chi connectivity index (χ2n) is 7.21. The van der Waals surface area contributed by atoms with Crippen molar-refractivity contribution in [3.8, 4) is 11.5 Å². The lowest BCUT2D eigenvalue weighted by molar-refractivity contribution is -0.137. The molecule has 0 saturated carbocycles. The molecule has 0 atom stereocenters. The van der Waals surface area contributed by atoms with Gasteiger partial charge >= 0.3 is 6.18 Å². The number of rotatable bonds is 7. The number of alkyl halides is 3. The first kappa shape index (κ1) is 21.3. The van der Waals surface area contributed by atoms with Gasteiger partial charge < -0.3 is 9.42 Å². The number of amides is 1. The van der Waals surface area contributed by atoms with Gasteiger partial charge in [-0.05, 0) is 24.6 Å². The lowest BCUT2D eigenvalue weighted by Crippen LogP contribution is -2.48. The third-order valence-corrected chi connectivity index (χ3v) is 4.99. The molecule has 1 saturated heterocycles. The van der Waals surface area contributed by atoms with Gasteiger partial charge in [-0.3, -0.25) is 9.69 Å². The molecule has 2 heterocycles. The van der Waals surface area contributed by atoms with Gasteiger partial charge in [-0.2, -0.15) is 18.2 Å². The molecule has 0 spiro atoms. The lowest BCUT2D eigenvalue weighted by Gasteiger charge is -2.34. The summed E-state index contributed by atoms with van der Waals surface area (Å²) < 4.78 is 43.8. The molecule has 0 radical (unpaired) electrons.